The molecule has 1 fully saturated rings. The van der Waals surface area contributed by atoms with E-state index in [0.717, 1.165) is 22.0 Å². The third-order valence-corrected chi connectivity index (χ3v) is 5.95. The summed E-state index contributed by atoms with van der Waals surface area (Å²) in [5.41, 5.74) is 3.33. The molecular weight excluding hydrogens is 391 g/mol. The summed E-state index contributed by atoms with van der Waals surface area (Å²) in [6.07, 6.45) is 11.9. The van der Waals surface area contributed by atoms with Crippen LogP contribution >= 0.6 is 23.2 Å². The normalized spacial score (nSPS) is 22.4. The Hall–Kier alpha value is -2.75. The number of nitrogens with zero attached hydrogens (tertiary/aromatic N) is 1. The summed E-state index contributed by atoms with van der Waals surface area (Å²) in [7, 11) is 0. The Labute approximate surface area is 172 Å². The van der Waals surface area contributed by atoms with Crippen molar-refractivity contribution in [3.8, 4) is 0 Å². The first-order chi connectivity index (χ1) is 13.6. The molecule has 1 aromatic heterocycles. The minimum absolute atomic E-state index is 0.0569. The lowest BCUT2D eigenvalue weighted by atomic mass is 9.90. The Morgan fingerprint density at radius 1 is 0.964 bits per heavy atom. The summed E-state index contributed by atoms with van der Waals surface area (Å²) < 4.78 is 0. The first kappa shape index (κ1) is 17.4. The van der Waals surface area contributed by atoms with Crippen molar-refractivity contribution in [2.75, 3.05) is 4.90 Å². The fourth-order valence-corrected chi connectivity index (χ4v) is 4.63. The summed E-state index contributed by atoms with van der Waals surface area (Å²) >= 11 is 12.9. The topological polar surface area (TPSA) is 36.1 Å². The van der Waals surface area contributed by atoms with Crippen LogP contribution in [-0.4, -0.2) is 16.9 Å². The number of halogens is 2. The molecule has 3 nitrogen and oxygen atoms in total. The van der Waals surface area contributed by atoms with E-state index in [0.29, 0.717) is 15.7 Å². The zero-order valence-corrected chi connectivity index (χ0v) is 16.3. The maximum atomic E-state index is 13.5. The van der Waals surface area contributed by atoms with Gasteiger partial charge in [-0.25, -0.2) is 0 Å². The number of para-hydroxylation sites is 2. The predicted molar refractivity (Wildman–Crippen MR) is 116 cm³/mol. The van der Waals surface area contributed by atoms with E-state index in [2.05, 4.69) is 17.1 Å². The van der Waals surface area contributed by atoms with Crippen LogP contribution in [-0.2, 0) is 4.79 Å². The van der Waals surface area contributed by atoms with Crippen molar-refractivity contribution < 1.29 is 4.79 Å². The second-order valence-corrected chi connectivity index (χ2v) is 7.74. The molecule has 1 N–H and O–H groups in total. The number of H-pyrrole nitrogens is 1. The predicted octanol–water partition coefficient (Wildman–Crippen LogP) is 6.02. The van der Waals surface area contributed by atoms with Gasteiger partial charge in [0, 0.05) is 34.2 Å². The number of allylic oxidation sites excluding steroid dienone is 2. The zero-order valence-electron chi connectivity index (χ0n) is 14.8. The molecule has 1 aliphatic carbocycles. The van der Waals surface area contributed by atoms with Gasteiger partial charge in [-0.2, -0.15) is 0 Å². The molecule has 0 spiro atoms. The molecule has 2 heterocycles. The van der Waals surface area contributed by atoms with Gasteiger partial charge >= 0.3 is 0 Å². The number of anilines is 1. The summed E-state index contributed by atoms with van der Waals surface area (Å²) in [6.45, 7) is 0. The van der Waals surface area contributed by atoms with Crippen LogP contribution < -0.4 is 4.90 Å². The number of carbonyl (C=O) groups excluding carboxylic acids is 1. The number of hydrogen-bond donors (Lipinski definition) is 1. The Morgan fingerprint density at radius 2 is 1.71 bits per heavy atom. The first-order valence-electron chi connectivity index (χ1n) is 9.05. The lowest BCUT2D eigenvalue weighted by Crippen LogP contribution is -2.34. The van der Waals surface area contributed by atoms with Crippen molar-refractivity contribution in [1.82, 2.24) is 4.98 Å². The van der Waals surface area contributed by atoms with Crippen LogP contribution in [0.15, 0.2) is 78.5 Å². The fourth-order valence-electron chi connectivity index (χ4n) is 4.06. The van der Waals surface area contributed by atoms with Crippen LogP contribution in [0.2, 0.25) is 10.0 Å². The van der Waals surface area contributed by atoms with Gasteiger partial charge in [-0.1, -0.05) is 71.8 Å². The standard InChI is InChI=1S/C23H16Cl2N2O/c24-18-8-5-9-19(25)22(18)27-21-11-4-2-7-16(21)17(23(27)28)12-14-13-26-20-10-3-1-6-15(14)20/h1-13,16,21,26H/b17-12-. The number of carbonyl (C=O) groups is 1. The van der Waals surface area contributed by atoms with Crippen LogP contribution in [0.5, 0.6) is 0 Å². The number of hydrogen-bond acceptors (Lipinski definition) is 1. The van der Waals surface area contributed by atoms with Crippen LogP contribution in [0.1, 0.15) is 5.56 Å². The highest BCUT2D eigenvalue weighted by Crippen LogP contribution is 2.44. The van der Waals surface area contributed by atoms with Crippen molar-refractivity contribution in [2.24, 2.45) is 5.92 Å². The van der Waals surface area contributed by atoms with Crippen molar-refractivity contribution in [2.45, 2.75) is 6.04 Å². The average Bonchev–Trinajstić information content (AvgIpc) is 3.23. The van der Waals surface area contributed by atoms with E-state index in [4.69, 9.17) is 23.2 Å². The summed E-state index contributed by atoms with van der Waals surface area (Å²) in [4.78, 5) is 18.5. The highest BCUT2D eigenvalue weighted by Gasteiger charge is 2.44. The van der Waals surface area contributed by atoms with E-state index in [1.807, 2.05) is 48.7 Å². The molecule has 0 saturated carbocycles. The van der Waals surface area contributed by atoms with Crippen molar-refractivity contribution >= 4 is 51.8 Å². The average molecular weight is 407 g/mol. The first-order valence-corrected chi connectivity index (χ1v) is 9.81. The molecule has 1 amide bonds. The second kappa shape index (κ2) is 6.69. The van der Waals surface area contributed by atoms with Crippen molar-refractivity contribution in [3.05, 3.63) is 94.1 Å². The molecule has 2 unspecified atom stereocenters. The van der Waals surface area contributed by atoms with Gasteiger partial charge in [0.15, 0.2) is 0 Å². The SMILES string of the molecule is O=C1/C(=C\c2c[nH]c3ccccc23)C2C=CC=CC2N1c1c(Cl)cccc1Cl. The van der Waals surface area contributed by atoms with E-state index in [-0.39, 0.29) is 17.9 Å². The molecule has 2 aromatic carbocycles. The van der Waals surface area contributed by atoms with E-state index in [9.17, 15) is 4.79 Å². The van der Waals surface area contributed by atoms with Gasteiger partial charge in [-0.05, 0) is 24.3 Å². The maximum Gasteiger partial charge on any atom is 0.255 e. The van der Waals surface area contributed by atoms with Gasteiger partial charge in [0.05, 0.1) is 21.8 Å². The molecule has 138 valence electrons. The third kappa shape index (κ3) is 2.62. The molecule has 1 saturated heterocycles. The van der Waals surface area contributed by atoms with Crippen LogP contribution in [0.3, 0.4) is 0 Å². The third-order valence-electron chi connectivity index (χ3n) is 5.34. The van der Waals surface area contributed by atoms with Gasteiger partial charge in [0.1, 0.15) is 0 Å². The fraction of sp³-hybridized carbons (Fsp3) is 0.0870. The number of fused-ring (bicyclic) bond motifs is 2. The summed E-state index contributed by atoms with van der Waals surface area (Å²) in [5, 5.41) is 2.02. The van der Waals surface area contributed by atoms with E-state index < -0.39 is 0 Å². The van der Waals surface area contributed by atoms with Crippen molar-refractivity contribution in [1.29, 1.82) is 0 Å². The molecule has 5 rings (SSSR count). The number of amides is 1. The number of benzene rings is 2. The highest BCUT2D eigenvalue weighted by atomic mass is 35.5. The Balaban J connectivity index is 1.66. The number of aromatic nitrogens is 1. The molecule has 2 aliphatic rings. The highest BCUT2D eigenvalue weighted by molar-refractivity contribution is 6.40. The molecule has 3 aromatic rings. The van der Waals surface area contributed by atoms with Gasteiger partial charge < -0.3 is 4.98 Å². The van der Waals surface area contributed by atoms with Gasteiger partial charge in [-0.3, -0.25) is 9.69 Å². The second-order valence-electron chi connectivity index (χ2n) is 6.92. The number of rotatable bonds is 2. The summed E-state index contributed by atoms with van der Waals surface area (Å²) in [5.74, 6) is -0.134. The molecular formula is C23H16Cl2N2O. The Bertz CT molecular complexity index is 1170. The largest absolute Gasteiger partial charge is 0.361 e. The minimum atomic E-state index is -0.147. The lowest BCUT2D eigenvalue weighted by molar-refractivity contribution is -0.114. The smallest absolute Gasteiger partial charge is 0.255 e. The molecule has 0 radical (unpaired) electrons. The monoisotopic (exact) mass is 406 g/mol. The lowest BCUT2D eigenvalue weighted by Gasteiger charge is -2.27. The molecule has 28 heavy (non-hydrogen) atoms. The minimum Gasteiger partial charge on any atom is -0.361 e. The number of nitrogens with one attached hydrogen (secondary N) is 1. The van der Waals surface area contributed by atoms with E-state index in [1.54, 1.807) is 23.1 Å². The van der Waals surface area contributed by atoms with Crippen LogP contribution in [0.4, 0.5) is 5.69 Å². The summed E-state index contributed by atoms with van der Waals surface area (Å²) in [6, 6.07) is 13.2. The molecule has 0 bridgehead atoms. The van der Waals surface area contributed by atoms with Gasteiger partial charge in [-0.15, -0.1) is 0 Å². The Kier molecular flexibility index (Phi) is 4.15. The zero-order chi connectivity index (χ0) is 19.3. The van der Waals surface area contributed by atoms with Crippen molar-refractivity contribution in [3.63, 3.8) is 0 Å². The van der Waals surface area contributed by atoms with Gasteiger partial charge in [0.2, 0.25) is 0 Å². The molecule has 1 aliphatic heterocycles. The van der Waals surface area contributed by atoms with Crippen LogP contribution in [0, 0.1) is 5.92 Å². The van der Waals surface area contributed by atoms with Crippen LogP contribution in [0.25, 0.3) is 17.0 Å². The molecule has 2 atom stereocenters. The van der Waals surface area contributed by atoms with E-state index >= 15 is 0 Å². The maximum absolute atomic E-state index is 13.5. The van der Waals surface area contributed by atoms with Gasteiger partial charge in [0.25, 0.3) is 5.91 Å². The van der Waals surface area contributed by atoms with E-state index in [1.165, 1.54) is 0 Å². The quantitative estimate of drug-likeness (QED) is 0.519. The molecule has 5 heteroatoms. The number of aromatic amines is 1. The Morgan fingerprint density at radius 3 is 2.54 bits per heavy atom.